The molecule has 0 heterocycles. The van der Waals surface area contributed by atoms with Gasteiger partial charge in [-0.1, -0.05) is 44.0 Å². The standard InChI is InChI=1S/C18H30N2O5S2/c1-4-5-6-11-26(22,23)14-18(21)19-12-16-7-9-17(10-8-16)13-27(24,25)20-15(2)3/h7-10,15,20H,4-6,11-14H2,1-3H3,(H,19,21). The average molecular weight is 419 g/mol. The van der Waals surface area contributed by atoms with Crippen molar-refractivity contribution in [2.75, 3.05) is 11.5 Å². The maximum absolute atomic E-state index is 11.9. The highest BCUT2D eigenvalue weighted by Gasteiger charge is 2.16. The van der Waals surface area contributed by atoms with Crippen molar-refractivity contribution in [3.8, 4) is 0 Å². The smallest absolute Gasteiger partial charge is 0.235 e. The highest BCUT2D eigenvalue weighted by Crippen LogP contribution is 2.08. The van der Waals surface area contributed by atoms with Crippen LogP contribution in [0.2, 0.25) is 0 Å². The maximum Gasteiger partial charge on any atom is 0.235 e. The van der Waals surface area contributed by atoms with E-state index in [1.807, 2.05) is 6.92 Å². The van der Waals surface area contributed by atoms with Gasteiger partial charge in [-0.15, -0.1) is 0 Å². The van der Waals surface area contributed by atoms with Crippen molar-refractivity contribution in [1.82, 2.24) is 10.0 Å². The van der Waals surface area contributed by atoms with Crippen LogP contribution in [0, 0.1) is 0 Å². The van der Waals surface area contributed by atoms with E-state index in [1.165, 1.54) is 0 Å². The zero-order chi connectivity index (χ0) is 20.5. The molecule has 0 aliphatic carbocycles. The molecule has 0 saturated heterocycles. The summed E-state index contributed by atoms with van der Waals surface area (Å²) in [7, 11) is -6.77. The van der Waals surface area contributed by atoms with E-state index < -0.39 is 31.5 Å². The summed E-state index contributed by atoms with van der Waals surface area (Å²) in [6.45, 7) is 5.70. The van der Waals surface area contributed by atoms with Crippen molar-refractivity contribution in [3.63, 3.8) is 0 Å². The summed E-state index contributed by atoms with van der Waals surface area (Å²) in [5.74, 6) is -1.12. The first-order valence-electron chi connectivity index (χ1n) is 9.08. The van der Waals surface area contributed by atoms with Gasteiger partial charge < -0.3 is 5.32 Å². The Kier molecular flexibility index (Phi) is 9.41. The van der Waals surface area contributed by atoms with Crippen LogP contribution in [0.3, 0.4) is 0 Å². The summed E-state index contributed by atoms with van der Waals surface area (Å²) in [4.78, 5) is 11.8. The fraction of sp³-hybridized carbons (Fsp3) is 0.611. The lowest BCUT2D eigenvalue weighted by molar-refractivity contribution is -0.118. The molecule has 0 aliphatic heterocycles. The lowest BCUT2D eigenvalue weighted by Crippen LogP contribution is -2.31. The molecule has 0 unspecified atom stereocenters. The third-order valence-corrected chi connectivity index (χ3v) is 6.85. The number of carbonyl (C=O) groups is 1. The molecule has 1 amide bonds. The summed E-state index contributed by atoms with van der Waals surface area (Å²) in [5, 5.41) is 2.59. The molecule has 9 heteroatoms. The van der Waals surface area contributed by atoms with E-state index in [9.17, 15) is 21.6 Å². The number of carbonyl (C=O) groups excluding carboxylic acids is 1. The number of hydrogen-bond acceptors (Lipinski definition) is 5. The second-order valence-corrected chi connectivity index (χ2v) is 10.9. The lowest BCUT2D eigenvalue weighted by Gasteiger charge is -2.10. The Hall–Kier alpha value is -1.45. The lowest BCUT2D eigenvalue weighted by atomic mass is 10.1. The minimum atomic E-state index is -3.39. The molecule has 0 atom stereocenters. The maximum atomic E-state index is 11.9. The normalized spacial score (nSPS) is 12.3. The number of unbranched alkanes of at least 4 members (excludes halogenated alkanes) is 2. The first-order valence-corrected chi connectivity index (χ1v) is 12.6. The highest BCUT2D eigenvalue weighted by molar-refractivity contribution is 7.92. The average Bonchev–Trinajstić information content (AvgIpc) is 2.52. The highest BCUT2D eigenvalue weighted by atomic mass is 32.2. The van der Waals surface area contributed by atoms with Gasteiger partial charge in [-0.3, -0.25) is 4.79 Å². The first kappa shape index (κ1) is 23.6. The molecular formula is C18H30N2O5S2. The van der Waals surface area contributed by atoms with Crippen molar-refractivity contribution in [2.45, 2.75) is 58.4 Å². The number of benzene rings is 1. The van der Waals surface area contributed by atoms with E-state index in [2.05, 4.69) is 10.0 Å². The third kappa shape index (κ3) is 10.5. The van der Waals surface area contributed by atoms with Gasteiger partial charge in [-0.05, 0) is 31.4 Å². The molecule has 27 heavy (non-hydrogen) atoms. The largest absolute Gasteiger partial charge is 0.351 e. The fourth-order valence-electron chi connectivity index (χ4n) is 2.47. The predicted molar refractivity (Wildman–Crippen MR) is 107 cm³/mol. The summed E-state index contributed by atoms with van der Waals surface area (Å²) in [6, 6.07) is 6.64. The van der Waals surface area contributed by atoms with E-state index in [4.69, 9.17) is 0 Å². The Morgan fingerprint density at radius 1 is 1.00 bits per heavy atom. The SMILES string of the molecule is CCCCCS(=O)(=O)CC(=O)NCc1ccc(CS(=O)(=O)NC(C)C)cc1. The molecule has 154 valence electrons. The molecule has 7 nitrogen and oxygen atoms in total. The van der Waals surface area contributed by atoms with Gasteiger partial charge >= 0.3 is 0 Å². The second kappa shape index (κ2) is 10.8. The summed E-state index contributed by atoms with van der Waals surface area (Å²) in [6.07, 6.45) is 2.32. The van der Waals surface area contributed by atoms with Gasteiger partial charge in [0.25, 0.3) is 0 Å². The molecule has 0 aliphatic rings. The third-order valence-electron chi connectivity index (χ3n) is 3.69. The van der Waals surface area contributed by atoms with Crippen LogP contribution >= 0.6 is 0 Å². The zero-order valence-corrected chi connectivity index (χ0v) is 17.8. The van der Waals surface area contributed by atoms with Crippen LogP contribution in [0.25, 0.3) is 0 Å². The number of rotatable bonds is 12. The van der Waals surface area contributed by atoms with Crippen molar-refractivity contribution in [3.05, 3.63) is 35.4 Å². The van der Waals surface area contributed by atoms with E-state index >= 15 is 0 Å². The molecule has 0 spiro atoms. The Morgan fingerprint density at radius 2 is 1.59 bits per heavy atom. The second-order valence-electron chi connectivity index (χ2n) is 6.92. The van der Waals surface area contributed by atoms with Gasteiger partial charge in [0, 0.05) is 12.6 Å². The van der Waals surface area contributed by atoms with Crippen molar-refractivity contribution < 1.29 is 21.6 Å². The van der Waals surface area contributed by atoms with Crippen LogP contribution in [0.15, 0.2) is 24.3 Å². The van der Waals surface area contributed by atoms with E-state index in [0.29, 0.717) is 12.0 Å². The predicted octanol–water partition coefficient (Wildman–Crippen LogP) is 1.74. The summed E-state index contributed by atoms with van der Waals surface area (Å²) >= 11 is 0. The molecule has 0 saturated carbocycles. The van der Waals surface area contributed by atoms with Gasteiger partial charge in [-0.25, -0.2) is 21.6 Å². The van der Waals surface area contributed by atoms with Crippen LogP contribution < -0.4 is 10.0 Å². The van der Waals surface area contributed by atoms with Crippen LogP contribution in [0.1, 0.15) is 51.2 Å². The topological polar surface area (TPSA) is 109 Å². The van der Waals surface area contributed by atoms with Crippen LogP contribution in [-0.2, 0) is 37.0 Å². The van der Waals surface area contributed by atoms with Crippen LogP contribution in [0.5, 0.6) is 0 Å². The zero-order valence-electron chi connectivity index (χ0n) is 16.2. The number of sulfonamides is 1. The van der Waals surface area contributed by atoms with Gasteiger partial charge in [0.2, 0.25) is 15.9 Å². The molecule has 1 aromatic rings. The molecular weight excluding hydrogens is 388 g/mol. The summed E-state index contributed by atoms with van der Waals surface area (Å²) in [5.41, 5.74) is 1.40. The minimum Gasteiger partial charge on any atom is -0.351 e. The van der Waals surface area contributed by atoms with Gasteiger partial charge in [0.1, 0.15) is 5.75 Å². The molecule has 0 fully saturated rings. The Bertz CT molecular complexity index is 801. The first-order chi connectivity index (χ1) is 12.5. The Balaban J connectivity index is 2.51. The van der Waals surface area contributed by atoms with E-state index in [-0.39, 0.29) is 24.1 Å². The van der Waals surface area contributed by atoms with E-state index in [0.717, 1.165) is 18.4 Å². The molecule has 1 rings (SSSR count). The van der Waals surface area contributed by atoms with Crippen molar-refractivity contribution >= 4 is 25.8 Å². The number of hydrogen-bond donors (Lipinski definition) is 2. The van der Waals surface area contributed by atoms with Crippen LogP contribution in [0.4, 0.5) is 0 Å². The van der Waals surface area contributed by atoms with Gasteiger partial charge in [0.15, 0.2) is 9.84 Å². The van der Waals surface area contributed by atoms with Crippen molar-refractivity contribution in [1.29, 1.82) is 0 Å². The molecule has 0 bridgehead atoms. The molecule has 0 radical (unpaired) electrons. The fourth-order valence-corrected chi connectivity index (χ4v) is 5.19. The Morgan fingerprint density at radius 3 is 2.15 bits per heavy atom. The number of nitrogens with one attached hydrogen (secondary N) is 2. The minimum absolute atomic E-state index is 0.0296. The van der Waals surface area contributed by atoms with Gasteiger partial charge in [-0.2, -0.15) is 0 Å². The number of amides is 1. The van der Waals surface area contributed by atoms with E-state index in [1.54, 1.807) is 38.1 Å². The number of sulfone groups is 1. The monoisotopic (exact) mass is 418 g/mol. The molecule has 0 aromatic heterocycles. The van der Waals surface area contributed by atoms with Gasteiger partial charge in [0.05, 0.1) is 11.5 Å². The molecule has 1 aromatic carbocycles. The quantitative estimate of drug-likeness (QED) is 0.503. The summed E-state index contributed by atoms with van der Waals surface area (Å²) < 4.78 is 50.1. The Labute approximate surface area is 162 Å². The van der Waals surface area contributed by atoms with Crippen LogP contribution in [-0.4, -0.2) is 40.3 Å². The molecule has 2 N–H and O–H groups in total. The van der Waals surface area contributed by atoms with Crippen molar-refractivity contribution in [2.24, 2.45) is 0 Å².